The van der Waals surface area contributed by atoms with Gasteiger partial charge in [0.2, 0.25) is 0 Å². The molecule has 0 amide bonds. The van der Waals surface area contributed by atoms with Gasteiger partial charge in [0.1, 0.15) is 0 Å². The minimum absolute atomic E-state index is 0.0180. The molecule has 6 nitrogen and oxygen atoms in total. The van der Waals surface area contributed by atoms with Crippen molar-refractivity contribution in [1.29, 1.82) is 0 Å². The third kappa shape index (κ3) is 2.46. The Balaban J connectivity index is 2.33. The van der Waals surface area contributed by atoms with Crippen molar-refractivity contribution >= 4 is 5.97 Å². The van der Waals surface area contributed by atoms with Crippen LogP contribution in [0.4, 0.5) is 0 Å². The van der Waals surface area contributed by atoms with Gasteiger partial charge in [-0.1, -0.05) is 5.21 Å². The lowest BCUT2D eigenvalue weighted by molar-refractivity contribution is 0.0688. The Hall–Kier alpha value is -1.43. The van der Waals surface area contributed by atoms with Gasteiger partial charge in [-0.2, -0.15) is 0 Å². The summed E-state index contributed by atoms with van der Waals surface area (Å²) in [6, 6.07) is -0.260. The highest BCUT2D eigenvalue weighted by molar-refractivity contribution is 5.86. The molecule has 1 fully saturated rings. The van der Waals surface area contributed by atoms with Crippen molar-refractivity contribution in [3.05, 3.63) is 11.4 Å². The normalized spacial score (nSPS) is 19.0. The van der Waals surface area contributed by atoms with Gasteiger partial charge < -0.3 is 10.2 Å². The average molecular weight is 239 g/mol. The quantitative estimate of drug-likeness (QED) is 0.796. The lowest BCUT2D eigenvalue weighted by atomic mass is 10.1. The molecule has 0 aromatic carbocycles. The number of hydrogen-bond donors (Lipinski definition) is 2. The lowest BCUT2D eigenvalue weighted by Crippen LogP contribution is -2.22. The summed E-state index contributed by atoms with van der Waals surface area (Å²) in [4.78, 5) is 11.1. The van der Waals surface area contributed by atoms with Crippen molar-refractivity contribution in [2.24, 2.45) is 5.92 Å². The molecule has 0 radical (unpaired) electrons. The molecule has 0 saturated heterocycles. The predicted molar refractivity (Wildman–Crippen MR) is 59.8 cm³/mol. The Morgan fingerprint density at radius 1 is 1.53 bits per heavy atom. The first kappa shape index (κ1) is 12.0. The molecule has 0 bridgehead atoms. The molecule has 1 saturated carbocycles. The van der Waals surface area contributed by atoms with Gasteiger partial charge in [0.25, 0.3) is 0 Å². The molecule has 1 aliphatic carbocycles. The van der Waals surface area contributed by atoms with Crippen molar-refractivity contribution in [2.75, 3.05) is 0 Å². The zero-order valence-electron chi connectivity index (χ0n) is 10.00. The maximum absolute atomic E-state index is 11.1. The van der Waals surface area contributed by atoms with E-state index >= 15 is 0 Å². The molecular weight excluding hydrogens is 222 g/mol. The largest absolute Gasteiger partial charge is 0.476 e. The molecule has 1 heterocycles. The number of nitrogens with zero attached hydrogens (tertiary/aromatic N) is 3. The zero-order valence-corrected chi connectivity index (χ0v) is 10.00. The number of carboxylic acid groups (broad SMARTS) is 1. The van der Waals surface area contributed by atoms with E-state index in [1.54, 1.807) is 18.5 Å². The minimum Gasteiger partial charge on any atom is -0.476 e. The second kappa shape index (κ2) is 4.44. The Kier molecular flexibility index (Phi) is 3.15. The summed E-state index contributed by atoms with van der Waals surface area (Å²) >= 11 is 0. The van der Waals surface area contributed by atoms with Crippen LogP contribution in [0.15, 0.2) is 0 Å². The fourth-order valence-electron chi connectivity index (χ4n) is 1.80. The Labute approximate surface area is 99.3 Å². The highest BCUT2D eigenvalue weighted by Gasteiger charge is 2.30. The first-order valence-corrected chi connectivity index (χ1v) is 5.86. The molecular formula is C11H17N3O3. The SMILES string of the molecule is CC(O)C(C)n1nnc(C(=O)O)c1CC1CC1. The van der Waals surface area contributed by atoms with Crippen LogP contribution in [0.3, 0.4) is 0 Å². The maximum Gasteiger partial charge on any atom is 0.358 e. The summed E-state index contributed by atoms with van der Waals surface area (Å²) in [6.45, 7) is 3.47. The van der Waals surface area contributed by atoms with Crippen LogP contribution in [-0.2, 0) is 6.42 Å². The van der Waals surface area contributed by atoms with Crippen molar-refractivity contribution in [2.45, 2.75) is 45.3 Å². The van der Waals surface area contributed by atoms with Crippen LogP contribution in [0.2, 0.25) is 0 Å². The maximum atomic E-state index is 11.1. The molecule has 94 valence electrons. The lowest BCUT2D eigenvalue weighted by Gasteiger charge is -2.17. The standard InChI is InChI=1S/C11H17N3O3/c1-6(7(2)15)14-9(5-8-3-4-8)10(11(16)17)12-13-14/h6-8,15H,3-5H2,1-2H3,(H,16,17). The summed E-state index contributed by atoms with van der Waals surface area (Å²) in [6.07, 6.45) is 2.36. The van der Waals surface area contributed by atoms with E-state index in [0.717, 1.165) is 12.8 Å². The topological polar surface area (TPSA) is 88.2 Å². The van der Waals surface area contributed by atoms with E-state index in [0.29, 0.717) is 18.0 Å². The van der Waals surface area contributed by atoms with Gasteiger partial charge in [0.05, 0.1) is 17.8 Å². The van der Waals surface area contributed by atoms with E-state index < -0.39 is 12.1 Å². The Morgan fingerprint density at radius 2 is 2.18 bits per heavy atom. The first-order valence-electron chi connectivity index (χ1n) is 5.86. The van der Waals surface area contributed by atoms with E-state index in [2.05, 4.69) is 10.3 Å². The number of aromatic carboxylic acids is 1. The molecule has 1 aromatic heterocycles. The molecule has 2 atom stereocenters. The van der Waals surface area contributed by atoms with E-state index in [4.69, 9.17) is 5.11 Å². The fraction of sp³-hybridized carbons (Fsp3) is 0.727. The Morgan fingerprint density at radius 3 is 2.65 bits per heavy atom. The van der Waals surface area contributed by atoms with Gasteiger partial charge in [0, 0.05) is 0 Å². The van der Waals surface area contributed by atoms with Crippen LogP contribution in [0.25, 0.3) is 0 Å². The van der Waals surface area contributed by atoms with Gasteiger partial charge in [-0.15, -0.1) is 5.10 Å². The second-order valence-electron chi connectivity index (χ2n) is 4.76. The van der Waals surface area contributed by atoms with Gasteiger partial charge in [-0.3, -0.25) is 0 Å². The van der Waals surface area contributed by atoms with Gasteiger partial charge in [-0.25, -0.2) is 9.48 Å². The highest BCUT2D eigenvalue weighted by Crippen LogP contribution is 2.33. The Bertz CT molecular complexity index is 424. The summed E-state index contributed by atoms with van der Waals surface area (Å²) in [5.74, 6) is -0.503. The van der Waals surface area contributed by atoms with Crippen molar-refractivity contribution in [3.8, 4) is 0 Å². The zero-order chi connectivity index (χ0) is 12.6. The number of carbonyl (C=O) groups is 1. The second-order valence-corrected chi connectivity index (χ2v) is 4.76. The highest BCUT2D eigenvalue weighted by atomic mass is 16.4. The summed E-state index contributed by atoms with van der Waals surface area (Å²) < 4.78 is 1.55. The van der Waals surface area contributed by atoms with Crippen LogP contribution in [0, 0.1) is 5.92 Å². The fourth-order valence-corrected chi connectivity index (χ4v) is 1.80. The van der Waals surface area contributed by atoms with E-state index in [1.807, 2.05) is 0 Å². The van der Waals surface area contributed by atoms with Crippen LogP contribution >= 0.6 is 0 Å². The van der Waals surface area contributed by atoms with Crippen LogP contribution in [-0.4, -0.2) is 37.3 Å². The van der Waals surface area contributed by atoms with E-state index in [-0.39, 0.29) is 11.7 Å². The number of aromatic nitrogens is 3. The van der Waals surface area contributed by atoms with Crippen molar-refractivity contribution in [3.63, 3.8) is 0 Å². The number of rotatable bonds is 5. The average Bonchev–Trinajstić information content (AvgIpc) is 2.95. The molecule has 17 heavy (non-hydrogen) atoms. The number of hydrogen-bond acceptors (Lipinski definition) is 4. The molecule has 2 N–H and O–H groups in total. The summed E-state index contributed by atoms with van der Waals surface area (Å²) in [7, 11) is 0. The smallest absolute Gasteiger partial charge is 0.358 e. The summed E-state index contributed by atoms with van der Waals surface area (Å²) in [5, 5.41) is 26.2. The molecule has 2 unspecified atom stereocenters. The van der Waals surface area contributed by atoms with Crippen molar-refractivity contribution < 1.29 is 15.0 Å². The molecule has 6 heteroatoms. The molecule has 1 aliphatic rings. The molecule has 2 rings (SSSR count). The van der Waals surface area contributed by atoms with Crippen LogP contribution < -0.4 is 0 Å². The van der Waals surface area contributed by atoms with Gasteiger partial charge in [0.15, 0.2) is 5.69 Å². The van der Waals surface area contributed by atoms with E-state index in [9.17, 15) is 9.90 Å². The third-order valence-corrected chi connectivity index (χ3v) is 3.26. The minimum atomic E-state index is -1.05. The first-order chi connectivity index (χ1) is 8.00. The van der Waals surface area contributed by atoms with Crippen molar-refractivity contribution in [1.82, 2.24) is 15.0 Å². The molecule has 0 spiro atoms. The number of aliphatic hydroxyl groups is 1. The monoisotopic (exact) mass is 239 g/mol. The third-order valence-electron chi connectivity index (χ3n) is 3.26. The van der Waals surface area contributed by atoms with E-state index in [1.165, 1.54) is 0 Å². The number of carboxylic acids is 1. The van der Waals surface area contributed by atoms with Gasteiger partial charge >= 0.3 is 5.97 Å². The molecule has 0 aliphatic heterocycles. The van der Waals surface area contributed by atoms with Gasteiger partial charge in [-0.05, 0) is 39.0 Å². The molecule has 1 aromatic rings. The number of aliphatic hydroxyl groups excluding tert-OH is 1. The van der Waals surface area contributed by atoms with Crippen LogP contribution in [0.1, 0.15) is 48.9 Å². The summed E-state index contributed by atoms with van der Waals surface area (Å²) in [5.41, 5.74) is 0.651. The van der Waals surface area contributed by atoms with Crippen LogP contribution in [0.5, 0.6) is 0 Å². The predicted octanol–water partition coefficient (Wildman–Crippen LogP) is 0.871.